The molecule has 0 saturated carbocycles. The summed E-state index contributed by atoms with van der Waals surface area (Å²) < 4.78 is 0. The van der Waals surface area contributed by atoms with E-state index in [4.69, 9.17) is 0 Å². The van der Waals surface area contributed by atoms with Gasteiger partial charge in [-0.25, -0.2) is 0 Å². The van der Waals surface area contributed by atoms with E-state index in [0.717, 1.165) is 11.4 Å². The van der Waals surface area contributed by atoms with E-state index in [2.05, 4.69) is 22.5 Å². The van der Waals surface area contributed by atoms with Gasteiger partial charge < -0.3 is 10.4 Å². The molecule has 0 aromatic carbocycles. The second kappa shape index (κ2) is 5.12. The number of aromatic nitrogens is 1. The summed E-state index contributed by atoms with van der Waals surface area (Å²) in [5.41, 5.74) is 1.67. The van der Waals surface area contributed by atoms with E-state index in [-0.39, 0.29) is 5.75 Å². The van der Waals surface area contributed by atoms with Crippen molar-refractivity contribution in [2.45, 2.75) is 38.8 Å². The van der Waals surface area contributed by atoms with Crippen LogP contribution < -0.4 is 5.32 Å². The number of allylic oxidation sites excluding steroid dienone is 1. The van der Waals surface area contributed by atoms with Gasteiger partial charge in [0.2, 0.25) is 0 Å². The molecule has 2 N–H and O–H groups in total. The second-order valence-electron chi connectivity index (χ2n) is 4.26. The number of hydrogen-bond donors (Lipinski definition) is 2. The van der Waals surface area contributed by atoms with Gasteiger partial charge in [-0.1, -0.05) is 12.2 Å². The molecule has 1 aromatic heterocycles. The Balaban J connectivity index is 1.95. The Morgan fingerprint density at radius 2 is 2.38 bits per heavy atom. The Kier molecular flexibility index (Phi) is 3.57. The molecule has 0 spiro atoms. The topological polar surface area (TPSA) is 45.1 Å². The summed E-state index contributed by atoms with van der Waals surface area (Å²) in [6.07, 6.45) is 8.01. The largest absolute Gasteiger partial charge is 0.506 e. The van der Waals surface area contributed by atoms with Gasteiger partial charge in [0.15, 0.2) is 0 Å². The summed E-state index contributed by atoms with van der Waals surface area (Å²) in [4.78, 5) is 4.32. The first-order valence-electron chi connectivity index (χ1n) is 5.81. The van der Waals surface area contributed by atoms with Crippen LogP contribution in [0.15, 0.2) is 24.3 Å². The summed E-state index contributed by atoms with van der Waals surface area (Å²) in [6, 6.07) is 3.95. The number of rotatable bonds is 3. The monoisotopic (exact) mass is 218 g/mol. The van der Waals surface area contributed by atoms with Gasteiger partial charge in [-0.05, 0) is 38.3 Å². The number of hydrogen-bond acceptors (Lipinski definition) is 3. The van der Waals surface area contributed by atoms with E-state index in [1.807, 2.05) is 13.0 Å². The summed E-state index contributed by atoms with van der Waals surface area (Å²) in [7, 11) is 0. The zero-order valence-electron chi connectivity index (χ0n) is 9.61. The predicted octanol–water partition coefficient (Wildman–Crippen LogP) is 2.29. The minimum atomic E-state index is 0.276. The Labute approximate surface area is 96.2 Å². The minimum absolute atomic E-state index is 0.276. The fourth-order valence-corrected chi connectivity index (χ4v) is 1.94. The van der Waals surface area contributed by atoms with Crippen LogP contribution in [-0.4, -0.2) is 16.1 Å². The molecular weight excluding hydrogens is 200 g/mol. The van der Waals surface area contributed by atoms with E-state index < -0.39 is 0 Å². The summed E-state index contributed by atoms with van der Waals surface area (Å²) in [5, 5.41) is 13.0. The Bertz CT molecular complexity index is 388. The molecule has 0 bridgehead atoms. The van der Waals surface area contributed by atoms with E-state index in [1.165, 1.54) is 19.3 Å². The highest BCUT2D eigenvalue weighted by Crippen LogP contribution is 2.16. The molecule has 1 atom stereocenters. The predicted molar refractivity (Wildman–Crippen MR) is 64.3 cm³/mol. The number of pyridine rings is 1. The Morgan fingerprint density at radius 1 is 1.50 bits per heavy atom. The molecule has 86 valence electrons. The summed E-state index contributed by atoms with van der Waals surface area (Å²) >= 11 is 0. The lowest BCUT2D eigenvalue weighted by molar-refractivity contribution is 0.451. The molecule has 1 aliphatic carbocycles. The highest BCUT2D eigenvalue weighted by molar-refractivity contribution is 5.27. The lowest BCUT2D eigenvalue weighted by atomic mass is 10.0. The van der Waals surface area contributed by atoms with E-state index in [0.29, 0.717) is 12.6 Å². The van der Waals surface area contributed by atoms with Gasteiger partial charge in [-0.15, -0.1) is 0 Å². The van der Waals surface area contributed by atoms with Crippen molar-refractivity contribution in [2.75, 3.05) is 0 Å². The zero-order valence-corrected chi connectivity index (χ0v) is 9.61. The van der Waals surface area contributed by atoms with Crippen LogP contribution in [0.2, 0.25) is 0 Å². The van der Waals surface area contributed by atoms with Crippen LogP contribution in [0.5, 0.6) is 5.75 Å². The highest BCUT2D eigenvalue weighted by Gasteiger charge is 2.09. The lowest BCUT2D eigenvalue weighted by Gasteiger charge is -2.18. The maximum absolute atomic E-state index is 9.64. The van der Waals surface area contributed by atoms with Crippen molar-refractivity contribution in [1.29, 1.82) is 0 Å². The second-order valence-corrected chi connectivity index (χ2v) is 4.26. The highest BCUT2D eigenvalue weighted by atomic mass is 16.3. The van der Waals surface area contributed by atoms with Crippen LogP contribution in [0, 0.1) is 6.92 Å². The molecule has 1 aromatic rings. The third kappa shape index (κ3) is 2.83. The molecule has 0 radical (unpaired) electrons. The number of aromatic hydroxyl groups is 1. The van der Waals surface area contributed by atoms with Crippen LogP contribution >= 0.6 is 0 Å². The normalized spacial score (nSPS) is 19.9. The van der Waals surface area contributed by atoms with Crippen LogP contribution in [-0.2, 0) is 6.54 Å². The van der Waals surface area contributed by atoms with Crippen LogP contribution in [0.25, 0.3) is 0 Å². The minimum Gasteiger partial charge on any atom is -0.506 e. The van der Waals surface area contributed by atoms with Crippen LogP contribution in [0.4, 0.5) is 0 Å². The molecule has 0 fully saturated rings. The standard InChI is InChI=1S/C13H18N2O/c1-10-7-8-13(16)12(15-10)9-14-11-5-3-2-4-6-11/h3,5,7-8,11,14,16H,2,4,6,9H2,1H3. The van der Waals surface area contributed by atoms with Crippen molar-refractivity contribution in [1.82, 2.24) is 10.3 Å². The third-order valence-electron chi connectivity index (χ3n) is 2.88. The first-order valence-corrected chi connectivity index (χ1v) is 5.81. The molecule has 16 heavy (non-hydrogen) atoms. The van der Waals surface area contributed by atoms with Gasteiger partial charge in [0.25, 0.3) is 0 Å². The van der Waals surface area contributed by atoms with Crippen LogP contribution in [0.3, 0.4) is 0 Å². The van der Waals surface area contributed by atoms with E-state index in [9.17, 15) is 5.11 Å². The molecule has 0 amide bonds. The number of nitrogens with one attached hydrogen (secondary N) is 1. The molecule has 2 rings (SSSR count). The van der Waals surface area contributed by atoms with Crippen LogP contribution in [0.1, 0.15) is 30.7 Å². The smallest absolute Gasteiger partial charge is 0.138 e. The average molecular weight is 218 g/mol. The van der Waals surface area contributed by atoms with Gasteiger partial charge in [-0.3, -0.25) is 4.98 Å². The SMILES string of the molecule is Cc1ccc(O)c(CNC2C=CCCC2)n1. The first-order chi connectivity index (χ1) is 7.75. The van der Waals surface area contributed by atoms with Crippen molar-refractivity contribution in [3.63, 3.8) is 0 Å². The first kappa shape index (κ1) is 11.1. The fraction of sp³-hybridized carbons (Fsp3) is 0.462. The van der Waals surface area contributed by atoms with Gasteiger partial charge >= 0.3 is 0 Å². The maximum atomic E-state index is 9.64. The maximum Gasteiger partial charge on any atom is 0.138 e. The van der Waals surface area contributed by atoms with Gasteiger partial charge in [0.1, 0.15) is 5.75 Å². The van der Waals surface area contributed by atoms with Crippen molar-refractivity contribution < 1.29 is 5.11 Å². The van der Waals surface area contributed by atoms with Crippen molar-refractivity contribution in [3.05, 3.63) is 35.7 Å². The zero-order chi connectivity index (χ0) is 11.4. The molecular formula is C13H18N2O. The van der Waals surface area contributed by atoms with Gasteiger partial charge in [0, 0.05) is 18.3 Å². The molecule has 3 heteroatoms. The van der Waals surface area contributed by atoms with Crippen molar-refractivity contribution in [3.8, 4) is 5.75 Å². The van der Waals surface area contributed by atoms with Crippen molar-refractivity contribution >= 4 is 0 Å². The quantitative estimate of drug-likeness (QED) is 0.765. The van der Waals surface area contributed by atoms with Gasteiger partial charge in [0.05, 0.1) is 5.69 Å². The van der Waals surface area contributed by atoms with E-state index >= 15 is 0 Å². The molecule has 0 saturated heterocycles. The molecule has 1 aliphatic rings. The molecule has 0 aliphatic heterocycles. The molecule has 3 nitrogen and oxygen atoms in total. The Hall–Kier alpha value is -1.35. The average Bonchev–Trinajstić information content (AvgIpc) is 2.32. The summed E-state index contributed by atoms with van der Waals surface area (Å²) in [5.74, 6) is 0.276. The fourth-order valence-electron chi connectivity index (χ4n) is 1.94. The van der Waals surface area contributed by atoms with Gasteiger partial charge in [-0.2, -0.15) is 0 Å². The van der Waals surface area contributed by atoms with Crippen molar-refractivity contribution in [2.24, 2.45) is 0 Å². The number of aryl methyl sites for hydroxylation is 1. The lowest BCUT2D eigenvalue weighted by Crippen LogP contribution is -2.28. The molecule has 1 heterocycles. The number of nitrogens with zero attached hydrogens (tertiary/aromatic N) is 1. The summed E-state index contributed by atoms with van der Waals surface area (Å²) in [6.45, 7) is 2.56. The Morgan fingerprint density at radius 3 is 3.12 bits per heavy atom. The third-order valence-corrected chi connectivity index (χ3v) is 2.88. The molecule has 1 unspecified atom stereocenters. The van der Waals surface area contributed by atoms with E-state index in [1.54, 1.807) is 6.07 Å².